The van der Waals surface area contributed by atoms with Crippen LogP contribution in [0.3, 0.4) is 0 Å². The van der Waals surface area contributed by atoms with E-state index in [0.717, 1.165) is 64.2 Å². The zero-order valence-corrected chi connectivity index (χ0v) is 48.1. The second kappa shape index (κ2) is 54.3. The molecule has 0 spiro atoms. The summed E-state index contributed by atoms with van der Waals surface area (Å²) in [5.41, 5.74) is 0. The van der Waals surface area contributed by atoms with Crippen molar-refractivity contribution in [3.05, 3.63) is 60.8 Å². The van der Waals surface area contributed by atoms with Crippen molar-refractivity contribution in [3.8, 4) is 0 Å². The summed E-state index contributed by atoms with van der Waals surface area (Å²) in [5, 5.41) is 54.6. The van der Waals surface area contributed by atoms with E-state index in [1.54, 1.807) is 6.08 Å². The van der Waals surface area contributed by atoms with Gasteiger partial charge in [0.2, 0.25) is 5.91 Å². The molecule has 0 radical (unpaired) electrons. The van der Waals surface area contributed by atoms with Crippen molar-refractivity contribution >= 4 is 5.91 Å². The third-order valence-electron chi connectivity index (χ3n) is 14.8. The molecule has 1 aliphatic heterocycles. The molecular formula is C65H119NO8. The van der Waals surface area contributed by atoms with Crippen molar-refractivity contribution in [1.82, 2.24) is 5.32 Å². The minimum atomic E-state index is -1.57. The van der Waals surface area contributed by atoms with Crippen molar-refractivity contribution in [1.29, 1.82) is 0 Å². The van der Waals surface area contributed by atoms with E-state index in [0.29, 0.717) is 6.42 Å². The molecule has 0 aromatic carbocycles. The Labute approximate surface area is 456 Å². The standard InChI is InChI=1S/C65H119NO8/c1-3-5-7-9-11-13-15-17-19-21-23-25-26-27-28-29-30-31-32-33-34-35-37-39-41-43-45-47-49-51-53-55-61(69)66-58(57-73-65-64(72)63(71)62(70)60(56-67)74-65)59(68)54-52-50-48-46-44-42-40-38-36-24-22-20-18-16-14-12-10-8-6-4-2/h5,7,11,13,17,19,23,25,52,54,58-60,62-65,67-68,70-72H,3-4,6,8-10,12,14-16,18,20-22,24,26-51,53,55-57H2,1-2H3,(H,66,69)/b7-5-,13-11-,19-17-,25-23-,54-52+. The second-order valence-corrected chi connectivity index (χ2v) is 21.8. The summed E-state index contributed by atoms with van der Waals surface area (Å²) in [6, 6.07) is -0.806. The molecule has 0 bridgehead atoms. The number of allylic oxidation sites excluding steroid dienone is 9. The molecule has 7 unspecified atom stereocenters. The molecule has 9 nitrogen and oxygen atoms in total. The Morgan fingerprint density at radius 1 is 0.473 bits per heavy atom. The van der Waals surface area contributed by atoms with Crippen LogP contribution in [0.25, 0.3) is 0 Å². The van der Waals surface area contributed by atoms with Gasteiger partial charge in [-0.1, -0.05) is 286 Å². The molecule has 432 valence electrons. The van der Waals surface area contributed by atoms with Crippen molar-refractivity contribution in [2.75, 3.05) is 13.2 Å². The van der Waals surface area contributed by atoms with Gasteiger partial charge in [-0.25, -0.2) is 0 Å². The van der Waals surface area contributed by atoms with Gasteiger partial charge in [-0.3, -0.25) is 4.79 Å². The fourth-order valence-electron chi connectivity index (χ4n) is 9.92. The Kier molecular flexibility index (Phi) is 51.3. The maximum absolute atomic E-state index is 13.1. The Balaban J connectivity index is 2.15. The smallest absolute Gasteiger partial charge is 0.220 e. The average Bonchev–Trinajstić information content (AvgIpc) is 3.40. The lowest BCUT2D eigenvalue weighted by molar-refractivity contribution is -0.302. The Bertz CT molecular complexity index is 1350. The van der Waals surface area contributed by atoms with Gasteiger partial charge in [0.05, 0.1) is 25.4 Å². The maximum Gasteiger partial charge on any atom is 0.220 e. The largest absolute Gasteiger partial charge is 0.394 e. The SMILES string of the molecule is CC/C=C\C/C=C\C/C=C\C/C=C\CCCCCCCCCCCCCCCCCCCCC(=O)NC(COC1OC(CO)C(O)C(O)C1O)C(O)/C=C/CCCCCCCCCCCCCCCCCCCC. The van der Waals surface area contributed by atoms with Crippen molar-refractivity contribution in [2.45, 2.75) is 333 Å². The van der Waals surface area contributed by atoms with Crippen LogP contribution in [0.15, 0.2) is 60.8 Å². The summed E-state index contributed by atoms with van der Waals surface area (Å²) in [6.45, 7) is 3.70. The van der Waals surface area contributed by atoms with E-state index in [9.17, 15) is 30.3 Å². The first-order chi connectivity index (χ1) is 36.3. The normalized spacial score (nSPS) is 19.4. The molecule has 1 fully saturated rings. The highest BCUT2D eigenvalue weighted by atomic mass is 16.7. The van der Waals surface area contributed by atoms with Crippen LogP contribution in [0.4, 0.5) is 0 Å². The molecule has 0 saturated carbocycles. The van der Waals surface area contributed by atoms with Crippen LogP contribution in [-0.4, -0.2) is 87.5 Å². The molecular weight excluding hydrogens is 923 g/mol. The monoisotopic (exact) mass is 1040 g/mol. The van der Waals surface area contributed by atoms with Crippen LogP contribution in [0.1, 0.15) is 290 Å². The molecule has 0 aliphatic carbocycles. The lowest BCUT2D eigenvalue weighted by Crippen LogP contribution is -2.60. The first kappa shape index (κ1) is 69.9. The van der Waals surface area contributed by atoms with Crippen LogP contribution in [0.2, 0.25) is 0 Å². The summed E-state index contributed by atoms with van der Waals surface area (Å²) < 4.78 is 11.3. The van der Waals surface area contributed by atoms with Crippen LogP contribution >= 0.6 is 0 Å². The van der Waals surface area contributed by atoms with Gasteiger partial charge < -0.3 is 40.3 Å². The molecule has 74 heavy (non-hydrogen) atoms. The number of rotatable bonds is 54. The summed E-state index contributed by atoms with van der Waals surface area (Å²) in [4.78, 5) is 13.1. The van der Waals surface area contributed by atoms with E-state index in [-0.39, 0.29) is 12.5 Å². The first-order valence-electron chi connectivity index (χ1n) is 31.5. The second-order valence-electron chi connectivity index (χ2n) is 21.8. The summed E-state index contributed by atoms with van der Waals surface area (Å²) in [6.07, 6.45) is 67.3. The zero-order chi connectivity index (χ0) is 53.6. The van der Waals surface area contributed by atoms with E-state index in [1.807, 2.05) is 6.08 Å². The van der Waals surface area contributed by atoms with Crippen LogP contribution in [-0.2, 0) is 14.3 Å². The van der Waals surface area contributed by atoms with E-state index in [4.69, 9.17) is 9.47 Å². The lowest BCUT2D eigenvalue weighted by Gasteiger charge is -2.40. The average molecular weight is 1040 g/mol. The number of nitrogens with one attached hydrogen (secondary N) is 1. The Hall–Kier alpha value is -2.11. The van der Waals surface area contributed by atoms with Crippen molar-refractivity contribution in [2.24, 2.45) is 0 Å². The number of ether oxygens (including phenoxy) is 2. The third kappa shape index (κ3) is 42.9. The van der Waals surface area contributed by atoms with Crippen molar-refractivity contribution in [3.63, 3.8) is 0 Å². The van der Waals surface area contributed by atoms with Crippen LogP contribution in [0.5, 0.6) is 0 Å². The lowest BCUT2D eigenvalue weighted by atomic mass is 9.99. The molecule has 1 amide bonds. The van der Waals surface area contributed by atoms with Gasteiger partial charge >= 0.3 is 0 Å². The maximum atomic E-state index is 13.1. The highest BCUT2D eigenvalue weighted by molar-refractivity contribution is 5.76. The minimum Gasteiger partial charge on any atom is -0.394 e. The number of amides is 1. The fraction of sp³-hybridized carbons (Fsp3) is 0.831. The summed E-state index contributed by atoms with van der Waals surface area (Å²) in [5.74, 6) is -0.174. The van der Waals surface area contributed by atoms with Gasteiger partial charge in [-0.15, -0.1) is 0 Å². The number of aliphatic hydroxyl groups is 5. The summed E-state index contributed by atoms with van der Waals surface area (Å²) >= 11 is 0. The predicted octanol–water partition coefficient (Wildman–Crippen LogP) is 16.2. The molecule has 1 rings (SSSR count). The van der Waals surface area contributed by atoms with Gasteiger partial charge in [0, 0.05) is 6.42 Å². The van der Waals surface area contributed by atoms with Gasteiger partial charge in [0.15, 0.2) is 6.29 Å². The fourth-order valence-corrected chi connectivity index (χ4v) is 9.92. The van der Waals surface area contributed by atoms with Gasteiger partial charge in [-0.2, -0.15) is 0 Å². The number of hydrogen-bond acceptors (Lipinski definition) is 8. The topological polar surface area (TPSA) is 149 Å². The van der Waals surface area contributed by atoms with Gasteiger partial charge in [-0.05, 0) is 57.8 Å². The third-order valence-corrected chi connectivity index (χ3v) is 14.8. The molecule has 0 aromatic rings. The molecule has 9 heteroatoms. The minimum absolute atomic E-state index is 0.174. The van der Waals surface area contributed by atoms with E-state index in [1.165, 1.54) is 205 Å². The number of aliphatic hydroxyl groups excluding tert-OH is 5. The molecule has 1 heterocycles. The van der Waals surface area contributed by atoms with E-state index < -0.39 is 49.5 Å². The quantitative estimate of drug-likeness (QED) is 0.0261. The van der Waals surface area contributed by atoms with Gasteiger partial charge in [0.25, 0.3) is 0 Å². The van der Waals surface area contributed by atoms with Crippen LogP contribution in [0, 0.1) is 0 Å². The Morgan fingerprint density at radius 2 is 0.838 bits per heavy atom. The molecule has 1 saturated heterocycles. The zero-order valence-electron chi connectivity index (χ0n) is 48.1. The number of hydrogen-bond donors (Lipinski definition) is 6. The number of unbranched alkanes of at least 4 members (excludes halogenated alkanes) is 36. The first-order valence-corrected chi connectivity index (χ1v) is 31.5. The predicted molar refractivity (Wildman–Crippen MR) is 313 cm³/mol. The molecule has 6 N–H and O–H groups in total. The molecule has 7 atom stereocenters. The highest BCUT2D eigenvalue weighted by Crippen LogP contribution is 2.23. The number of carbonyl (C=O) groups excluding carboxylic acids is 1. The van der Waals surface area contributed by atoms with Gasteiger partial charge in [0.1, 0.15) is 24.4 Å². The van der Waals surface area contributed by atoms with Crippen LogP contribution < -0.4 is 5.32 Å². The van der Waals surface area contributed by atoms with E-state index >= 15 is 0 Å². The summed E-state index contributed by atoms with van der Waals surface area (Å²) in [7, 11) is 0. The van der Waals surface area contributed by atoms with E-state index in [2.05, 4.69) is 67.8 Å². The number of carbonyl (C=O) groups is 1. The molecule has 0 aromatic heterocycles. The molecule has 1 aliphatic rings. The highest BCUT2D eigenvalue weighted by Gasteiger charge is 2.44. The Morgan fingerprint density at radius 3 is 1.24 bits per heavy atom. The van der Waals surface area contributed by atoms with Crippen molar-refractivity contribution < 1.29 is 39.8 Å².